The Morgan fingerprint density at radius 1 is 0.912 bits per heavy atom. The lowest BCUT2D eigenvalue weighted by Gasteiger charge is -2.17. The third kappa shape index (κ3) is 5.40. The molecular formula is C30H32N2O2. The van der Waals surface area contributed by atoms with Gasteiger partial charge in [0.25, 0.3) is 0 Å². The molecule has 1 aliphatic carbocycles. The Morgan fingerprint density at radius 3 is 2.41 bits per heavy atom. The molecule has 0 unspecified atom stereocenters. The van der Waals surface area contributed by atoms with E-state index in [1.807, 2.05) is 6.92 Å². The molecule has 1 amide bonds. The van der Waals surface area contributed by atoms with Gasteiger partial charge >= 0.3 is 0 Å². The van der Waals surface area contributed by atoms with E-state index in [4.69, 9.17) is 11.5 Å². The fourth-order valence-electron chi connectivity index (χ4n) is 4.79. The van der Waals surface area contributed by atoms with Crippen molar-refractivity contribution < 1.29 is 9.90 Å². The smallest absolute Gasteiger partial charge is 0.217 e. The summed E-state index contributed by atoms with van der Waals surface area (Å²) in [6.07, 6.45) is 5.98. The molecule has 0 aliphatic heterocycles. The number of rotatable bonds is 4. The van der Waals surface area contributed by atoms with E-state index in [9.17, 15) is 9.90 Å². The minimum absolute atomic E-state index is 0.142. The third-order valence-corrected chi connectivity index (χ3v) is 6.56. The summed E-state index contributed by atoms with van der Waals surface area (Å²) in [5.74, 6) is -0.209. The molecule has 0 atom stereocenters. The summed E-state index contributed by atoms with van der Waals surface area (Å²) in [6.45, 7) is 1.84. The van der Waals surface area contributed by atoms with Crippen LogP contribution in [0.5, 0.6) is 5.75 Å². The number of hydrogen-bond acceptors (Lipinski definition) is 3. The van der Waals surface area contributed by atoms with Crippen LogP contribution in [0, 0.1) is 6.92 Å². The maximum absolute atomic E-state index is 10.6. The Bertz CT molecular complexity index is 1300. The van der Waals surface area contributed by atoms with E-state index in [1.165, 1.54) is 53.6 Å². The van der Waals surface area contributed by atoms with Gasteiger partial charge in [0.05, 0.1) is 0 Å². The van der Waals surface area contributed by atoms with Crippen LogP contribution in [0.2, 0.25) is 0 Å². The van der Waals surface area contributed by atoms with Crippen molar-refractivity contribution in [2.45, 2.75) is 45.4 Å². The normalized spacial score (nSPS) is 12.5. The van der Waals surface area contributed by atoms with E-state index in [1.54, 1.807) is 17.2 Å². The van der Waals surface area contributed by atoms with E-state index in [0.29, 0.717) is 12.1 Å². The van der Waals surface area contributed by atoms with E-state index >= 15 is 0 Å². The second-order valence-corrected chi connectivity index (χ2v) is 9.01. The first-order valence-corrected chi connectivity index (χ1v) is 11.9. The predicted octanol–water partition coefficient (Wildman–Crippen LogP) is 6.09. The summed E-state index contributed by atoms with van der Waals surface area (Å²) in [7, 11) is 0. The molecule has 34 heavy (non-hydrogen) atoms. The number of carbonyl (C=O) groups is 1. The van der Waals surface area contributed by atoms with Gasteiger partial charge in [0.1, 0.15) is 5.75 Å². The molecule has 0 spiro atoms. The lowest BCUT2D eigenvalue weighted by Crippen LogP contribution is -2.12. The van der Waals surface area contributed by atoms with Crippen molar-refractivity contribution in [3.05, 3.63) is 95.1 Å². The lowest BCUT2D eigenvalue weighted by molar-refractivity contribution is -0.117. The number of fused-ring (bicyclic) bond motifs is 2. The van der Waals surface area contributed by atoms with Gasteiger partial charge in [-0.25, -0.2) is 0 Å². The van der Waals surface area contributed by atoms with Crippen molar-refractivity contribution in [3.8, 4) is 16.9 Å². The molecule has 0 aromatic heterocycles. The first kappa shape index (κ1) is 23.4. The van der Waals surface area contributed by atoms with Crippen LogP contribution in [0.15, 0.2) is 72.8 Å². The van der Waals surface area contributed by atoms with Gasteiger partial charge in [-0.05, 0) is 89.2 Å². The topological polar surface area (TPSA) is 89.3 Å². The monoisotopic (exact) mass is 452 g/mol. The highest BCUT2D eigenvalue weighted by molar-refractivity contribution is 5.96. The van der Waals surface area contributed by atoms with Crippen molar-refractivity contribution in [3.63, 3.8) is 0 Å². The maximum atomic E-state index is 10.6. The summed E-state index contributed by atoms with van der Waals surface area (Å²) in [5.41, 5.74) is 18.8. The SMILES string of the molecule is Cc1cc(O)cc(N)c1CCC(N)=O.c1ccc2c(-c3ccc4c(c3)CCCC4)cccc2c1. The molecule has 4 aromatic rings. The molecule has 0 radical (unpaired) electrons. The van der Waals surface area contributed by atoms with Gasteiger partial charge in [-0.3, -0.25) is 4.79 Å². The number of nitrogen functional groups attached to an aromatic ring is 1. The fraction of sp³-hybridized carbons (Fsp3) is 0.233. The van der Waals surface area contributed by atoms with Gasteiger partial charge in [-0.1, -0.05) is 60.7 Å². The Hall–Kier alpha value is -3.79. The van der Waals surface area contributed by atoms with Gasteiger partial charge in [0, 0.05) is 18.2 Å². The number of benzene rings is 4. The molecule has 0 saturated carbocycles. The first-order chi connectivity index (χ1) is 16.4. The van der Waals surface area contributed by atoms with Crippen molar-refractivity contribution in [2.24, 2.45) is 5.73 Å². The van der Waals surface area contributed by atoms with Gasteiger partial charge in [-0.2, -0.15) is 0 Å². The minimum atomic E-state index is -0.350. The standard InChI is InChI=1S/C20H18.C10H14N2O2/c1-2-8-17-14-18(13-12-15(17)6-1)20-11-5-9-16-7-3-4-10-19(16)20;1-6-4-7(13)5-9(11)8(6)2-3-10(12)14/h3-5,7,9-14H,1-2,6,8H2;4-5,13H,2-3,11H2,1H3,(H2,12,14). The lowest BCUT2D eigenvalue weighted by atomic mass is 9.88. The van der Waals surface area contributed by atoms with Crippen molar-refractivity contribution in [2.75, 3.05) is 5.73 Å². The van der Waals surface area contributed by atoms with E-state index < -0.39 is 0 Å². The number of amides is 1. The van der Waals surface area contributed by atoms with Crippen molar-refractivity contribution in [1.29, 1.82) is 0 Å². The van der Waals surface area contributed by atoms with Gasteiger partial charge in [0.15, 0.2) is 0 Å². The Labute approximate surface area is 201 Å². The molecule has 0 bridgehead atoms. The van der Waals surface area contributed by atoms with Crippen LogP contribution < -0.4 is 11.5 Å². The highest BCUT2D eigenvalue weighted by Gasteiger charge is 2.11. The number of aromatic hydroxyl groups is 1. The number of carbonyl (C=O) groups excluding carboxylic acids is 1. The summed E-state index contributed by atoms with van der Waals surface area (Å²) in [4.78, 5) is 10.6. The molecule has 174 valence electrons. The van der Waals surface area contributed by atoms with E-state index in [2.05, 4.69) is 60.7 Å². The van der Waals surface area contributed by atoms with Gasteiger partial charge < -0.3 is 16.6 Å². The van der Waals surface area contributed by atoms with Crippen molar-refractivity contribution >= 4 is 22.4 Å². The number of hydrogen-bond donors (Lipinski definition) is 3. The number of primary amides is 1. The Kier molecular flexibility index (Phi) is 7.17. The highest BCUT2D eigenvalue weighted by Crippen LogP contribution is 2.32. The fourth-order valence-corrected chi connectivity index (χ4v) is 4.79. The van der Waals surface area contributed by atoms with Crippen LogP contribution in [0.1, 0.15) is 41.5 Å². The molecule has 0 fully saturated rings. The molecule has 0 heterocycles. The van der Waals surface area contributed by atoms with E-state index in [0.717, 1.165) is 11.1 Å². The number of phenolic OH excluding ortho intramolecular Hbond substituents is 1. The highest BCUT2D eigenvalue weighted by atomic mass is 16.3. The zero-order chi connectivity index (χ0) is 24.1. The maximum Gasteiger partial charge on any atom is 0.217 e. The molecule has 1 aliphatic rings. The second-order valence-electron chi connectivity index (χ2n) is 9.01. The molecule has 4 aromatic carbocycles. The quantitative estimate of drug-likeness (QED) is 0.328. The second kappa shape index (κ2) is 10.4. The molecule has 5 N–H and O–H groups in total. The molecular weight excluding hydrogens is 420 g/mol. The average molecular weight is 453 g/mol. The number of nitrogens with two attached hydrogens (primary N) is 2. The Balaban J connectivity index is 0.000000173. The van der Waals surface area contributed by atoms with Gasteiger partial charge in [-0.15, -0.1) is 0 Å². The summed E-state index contributed by atoms with van der Waals surface area (Å²) in [6, 6.07) is 25.4. The molecule has 4 heteroatoms. The zero-order valence-electron chi connectivity index (χ0n) is 19.7. The number of aryl methyl sites for hydroxylation is 3. The molecule has 0 saturated heterocycles. The Morgan fingerprint density at radius 2 is 1.65 bits per heavy atom. The van der Waals surface area contributed by atoms with E-state index in [-0.39, 0.29) is 18.1 Å². The molecule has 5 rings (SSSR count). The molecule has 4 nitrogen and oxygen atoms in total. The zero-order valence-corrected chi connectivity index (χ0v) is 19.7. The summed E-state index contributed by atoms with van der Waals surface area (Å²) in [5, 5.41) is 11.9. The van der Waals surface area contributed by atoms with Crippen LogP contribution in [0.3, 0.4) is 0 Å². The largest absolute Gasteiger partial charge is 0.508 e. The number of anilines is 1. The van der Waals surface area contributed by atoms with Crippen LogP contribution in [-0.4, -0.2) is 11.0 Å². The third-order valence-electron chi connectivity index (χ3n) is 6.56. The average Bonchev–Trinajstić information content (AvgIpc) is 2.83. The first-order valence-electron chi connectivity index (χ1n) is 11.9. The van der Waals surface area contributed by atoms with Crippen LogP contribution in [0.25, 0.3) is 21.9 Å². The minimum Gasteiger partial charge on any atom is -0.508 e. The van der Waals surface area contributed by atoms with Crippen LogP contribution in [-0.2, 0) is 24.1 Å². The number of phenols is 1. The van der Waals surface area contributed by atoms with Crippen LogP contribution >= 0.6 is 0 Å². The predicted molar refractivity (Wildman–Crippen MR) is 141 cm³/mol. The van der Waals surface area contributed by atoms with Gasteiger partial charge in [0.2, 0.25) is 5.91 Å². The van der Waals surface area contributed by atoms with Crippen LogP contribution in [0.4, 0.5) is 5.69 Å². The summed E-state index contributed by atoms with van der Waals surface area (Å²) < 4.78 is 0. The van der Waals surface area contributed by atoms with Crippen molar-refractivity contribution in [1.82, 2.24) is 0 Å². The summed E-state index contributed by atoms with van der Waals surface area (Å²) >= 11 is 0.